The molecule has 1 aromatic rings. The van der Waals surface area contributed by atoms with Crippen LogP contribution in [0.1, 0.15) is 12.8 Å². The van der Waals surface area contributed by atoms with E-state index in [1.54, 1.807) is 6.20 Å². The Labute approximate surface area is 111 Å². The summed E-state index contributed by atoms with van der Waals surface area (Å²) in [5.74, 6) is -0.381. The van der Waals surface area contributed by atoms with Crippen LogP contribution in [0.2, 0.25) is 0 Å². The highest BCUT2D eigenvalue weighted by atomic mass is 127. The summed E-state index contributed by atoms with van der Waals surface area (Å²) in [5.41, 5.74) is 0. The summed E-state index contributed by atoms with van der Waals surface area (Å²) in [4.78, 5) is 6.14. The van der Waals surface area contributed by atoms with E-state index in [0.29, 0.717) is 13.1 Å². The summed E-state index contributed by atoms with van der Waals surface area (Å²) in [6, 6.07) is 3.77. The number of piperidine rings is 1. The molecule has 0 atom stereocenters. The molecule has 2 heterocycles. The maximum absolute atomic E-state index is 12.5. The maximum atomic E-state index is 12.5. The summed E-state index contributed by atoms with van der Waals surface area (Å²) >= 11 is 2.15. The van der Waals surface area contributed by atoms with Crippen LogP contribution in [-0.4, -0.2) is 24.2 Å². The van der Waals surface area contributed by atoms with Gasteiger partial charge < -0.3 is 4.90 Å². The molecule has 0 bridgehead atoms. The first-order chi connectivity index (χ1) is 7.97. The number of rotatable bonds is 1. The quantitative estimate of drug-likeness (QED) is 0.717. The van der Waals surface area contributed by atoms with Crippen LogP contribution < -0.4 is 4.90 Å². The average molecular weight is 356 g/mol. The summed E-state index contributed by atoms with van der Waals surface area (Å²) in [5, 5.41) is 0. The Morgan fingerprint density at radius 3 is 2.35 bits per heavy atom. The molecule has 0 N–H and O–H groups in total. The fourth-order valence-electron chi connectivity index (χ4n) is 1.99. The second kappa shape index (κ2) is 4.99. The number of hydrogen-bond acceptors (Lipinski definition) is 2. The number of halogens is 4. The minimum absolute atomic E-state index is 0.164. The molecule has 1 saturated heterocycles. The highest BCUT2D eigenvalue weighted by molar-refractivity contribution is 14.1. The van der Waals surface area contributed by atoms with Gasteiger partial charge in [-0.2, -0.15) is 13.2 Å². The Hall–Kier alpha value is -0.530. The molecular weight excluding hydrogens is 344 g/mol. The Morgan fingerprint density at radius 2 is 1.88 bits per heavy atom. The highest BCUT2D eigenvalue weighted by Gasteiger charge is 2.41. The molecule has 0 aliphatic carbocycles. The molecule has 0 spiro atoms. The van der Waals surface area contributed by atoms with Gasteiger partial charge in [0.1, 0.15) is 5.82 Å². The summed E-state index contributed by atoms with van der Waals surface area (Å²) < 4.78 is 38.5. The van der Waals surface area contributed by atoms with Crippen molar-refractivity contribution >= 4 is 28.4 Å². The van der Waals surface area contributed by atoms with Gasteiger partial charge in [-0.25, -0.2) is 4.98 Å². The predicted octanol–water partition coefficient (Wildman–Crippen LogP) is 3.46. The largest absolute Gasteiger partial charge is 0.391 e. The molecule has 0 radical (unpaired) electrons. The molecule has 2 rings (SSSR count). The van der Waals surface area contributed by atoms with Crippen LogP contribution in [0.5, 0.6) is 0 Å². The van der Waals surface area contributed by atoms with Crippen LogP contribution in [0.3, 0.4) is 0 Å². The molecule has 1 aromatic heterocycles. The SMILES string of the molecule is FC(F)(F)C1CCN(c2ccc(I)cn2)CC1. The second-order valence-electron chi connectivity index (χ2n) is 4.14. The van der Waals surface area contributed by atoms with Crippen molar-refractivity contribution in [1.29, 1.82) is 0 Å². The van der Waals surface area contributed by atoms with Crippen LogP contribution in [-0.2, 0) is 0 Å². The van der Waals surface area contributed by atoms with Crippen LogP contribution >= 0.6 is 22.6 Å². The number of nitrogens with zero attached hydrogens (tertiary/aromatic N) is 2. The molecule has 2 nitrogen and oxygen atoms in total. The van der Waals surface area contributed by atoms with Crippen LogP contribution in [0, 0.1) is 9.49 Å². The van der Waals surface area contributed by atoms with Crippen LogP contribution in [0.4, 0.5) is 19.0 Å². The molecular formula is C11H12F3IN2. The van der Waals surface area contributed by atoms with Gasteiger partial charge in [-0.3, -0.25) is 0 Å². The molecule has 17 heavy (non-hydrogen) atoms. The maximum Gasteiger partial charge on any atom is 0.391 e. The predicted molar refractivity (Wildman–Crippen MR) is 67.9 cm³/mol. The minimum atomic E-state index is -4.05. The van der Waals surface area contributed by atoms with Gasteiger partial charge in [0.2, 0.25) is 0 Å². The second-order valence-corrected chi connectivity index (χ2v) is 5.38. The lowest BCUT2D eigenvalue weighted by Crippen LogP contribution is -2.39. The summed E-state index contributed by atoms with van der Waals surface area (Å²) in [7, 11) is 0. The van der Waals surface area contributed by atoms with E-state index in [9.17, 15) is 13.2 Å². The molecule has 0 aromatic carbocycles. The van der Waals surface area contributed by atoms with Gasteiger partial charge in [0.05, 0.1) is 5.92 Å². The molecule has 0 amide bonds. The molecule has 1 aliphatic heterocycles. The first-order valence-electron chi connectivity index (χ1n) is 5.40. The van der Waals surface area contributed by atoms with E-state index in [1.807, 2.05) is 17.0 Å². The van der Waals surface area contributed by atoms with Crippen molar-refractivity contribution in [2.24, 2.45) is 5.92 Å². The van der Waals surface area contributed by atoms with E-state index in [2.05, 4.69) is 27.6 Å². The van der Waals surface area contributed by atoms with Crippen molar-refractivity contribution in [3.8, 4) is 0 Å². The minimum Gasteiger partial charge on any atom is -0.357 e. The van der Waals surface area contributed by atoms with E-state index in [0.717, 1.165) is 9.39 Å². The van der Waals surface area contributed by atoms with Gasteiger partial charge in [0.15, 0.2) is 0 Å². The van der Waals surface area contributed by atoms with Crippen molar-refractivity contribution < 1.29 is 13.2 Å². The monoisotopic (exact) mass is 356 g/mol. The zero-order valence-electron chi connectivity index (χ0n) is 9.04. The lowest BCUT2D eigenvalue weighted by molar-refractivity contribution is -0.179. The number of pyridine rings is 1. The first kappa shape index (κ1) is 12.9. The molecule has 6 heteroatoms. The standard InChI is InChI=1S/C11H12F3IN2/c12-11(13,14)8-3-5-17(6-4-8)10-2-1-9(15)7-16-10/h1-2,7-8H,3-6H2. The zero-order valence-corrected chi connectivity index (χ0v) is 11.2. The van der Waals surface area contributed by atoms with Crippen molar-refractivity contribution in [3.05, 3.63) is 21.9 Å². The summed E-state index contributed by atoms with van der Waals surface area (Å²) in [6.07, 6.45) is -1.99. The highest BCUT2D eigenvalue weighted by Crippen LogP contribution is 2.34. The average Bonchev–Trinajstić information content (AvgIpc) is 2.29. The van der Waals surface area contributed by atoms with Gasteiger partial charge in [0.25, 0.3) is 0 Å². The Kier molecular flexibility index (Phi) is 3.79. The van der Waals surface area contributed by atoms with E-state index < -0.39 is 12.1 Å². The lowest BCUT2D eigenvalue weighted by atomic mass is 9.96. The lowest BCUT2D eigenvalue weighted by Gasteiger charge is -2.33. The van der Waals surface area contributed by atoms with E-state index in [1.165, 1.54) is 0 Å². The smallest absolute Gasteiger partial charge is 0.357 e. The van der Waals surface area contributed by atoms with Gasteiger partial charge in [0, 0.05) is 22.9 Å². The normalized spacial score (nSPS) is 18.5. The third kappa shape index (κ3) is 3.23. The van der Waals surface area contributed by atoms with Crippen molar-refractivity contribution in [2.75, 3.05) is 18.0 Å². The third-order valence-corrected chi connectivity index (χ3v) is 3.63. The Morgan fingerprint density at radius 1 is 1.24 bits per heavy atom. The number of aromatic nitrogens is 1. The van der Waals surface area contributed by atoms with Crippen LogP contribution in [0.15, 0.2) is 18.3 Å². The molecule has 0 unspecified atom stereocenters. The topological polar surface area (TPSA) is 16.1 Å². The van der Waals surface area contributed by atoms with E-state index >= 15 is 0 Å². The van der Waals surface area contributed by atoms with Gasteiger partial charge in [-0.15, -0.1) is 0 Å². The number of hydrogen-bond donors (Lipinski definition) is 0. The van der Waals surface area contributed by atoms with Gasteiger partial charge in [-0.05, 0) is 47.6 Å². The summed E-state index contributed by atoms with van der Waals surface area (Å²) in [6.45, 7) is 0.857. The van der Waals surface area contributed by atoms with Crippen molar-refractivity contribution in [2.45, 2.75) is 19.0 Å². The number of anilines is 1. The van der Waals surface area contributed by atoms with Crippen LogP contribution in [0.25, 0.3) is 0 Å². The third-order valence-electron chi connectivity index (χ3n) is 2.99. The zero-order chi connectivity index (χ0) is 12.5. The molecule has 1 fully saturated rings. The Balaban J connectivity index is 1.97. The first-order valence-corrected chi connectivity index (χ1v) is 6.48. The number of alkyl halides is 3. The molecule has 0 saturated carbocycles. The molecule has 1 aliphatic rings. The fourth-order valence-corrected chi connectivity index (χ4v) is 2.31. The molecule has 94 valence electrons. The van der Waals surface area contributed by atoms with Crippen molar-refractivity contribution in [3.63, 3.8) is 0 Å². The van der Waals surface area contributed by atoms with Crippen molar-refractivity contribution in [1.82, 2.24) is 4.98 Å². The Bertz CT molecular complexity index is 369. The van der Waals surface area contributed by atoms with Gasteiger partial charge >= 0.3 is 6.18 Å². The van der Waals surface area contributed by atoms with E-state index in [-0.39, 0.29) is 12.8 Å². The van der Waals surface area contributed by atoms with Gasteiger partial charge in [-0.1, -0.05) is 0 Å². The van der Waals surface area contributed by atoms with E-state index in [4.69, 9.17) is 0 Å². The fraction of sp³-hybridized carbons (Fsp3) is 0.545.